The van der Waals surface area contributed by atoms with E-state index in [2.05, 4.69) is 0 Å². The summed E-state index contributed by atoms with van der Waals surface area (Å²) in [7, 11) is 1.86. The molecule has 1 aromatic rings. The van der Waals surface area contributed by atoms with Gasteiger partial charge in [-0.05, 0) is 37.8 Å². The summed E-state index contributed by atoms with van der Waals surface area (Å²) in [6, 6.07) is 7.90. The van der Waals surface area contributed by atoms with Crippen LogP contribution in [0.3, 0.4) is 0 Å². The Hall–Kier alpha value is -1.35. The Bertz CT molecular complexity index is 395. The third-order valence-electron chi connectivity index (χ3n) is 3.52. The van der Waals surface area contributed by atoms with Crippen LogP contribution in [0.2, 0.25) is 0 Å². The number of benzene rings is 1. The molecular formula is C14H20N2O. The zero-order valence-electron chi connectivity index (χ0n) is 10.5. The fraction of sp³-hybridized carbons (Fsp3) is 0.500. The van der Waals surface area contributed by atoms with Gasteiger partial charge in [-0.25, -0.2) is 0 Å². The number of rotatable bonds is 4. The summed E-state index contributed by atoms with van der Waals surface area (Å²) >= 11 is 0. The first-order chi connectivity index (χ1) is 8.13. The molecule has 17 heavy (non-hydrogen) atoms. The Balaban J connectivity index is 2.10. The molecule has 1 atom stereocenters. The molecule has 3 heteroatoms. The standard InChI is InChI=1S/C14H20N2O/c1-10-3-5-12(6-4-10)14(17)16(2)13(9-15)11-7-8-11/h3-6,11,13H,7-9,15H2,1-2H3. The van der Waals surface area contributed by atoms with Crippen molar-refractivity contribution in [2.24, 2.45) is 11.7 Å². The molecule has 0 aliphatic heterocycles. The van der Waals surface area contributed by atoms with E-state index in [4.69, 9.17) is 5.73 Å². The van der Waals surface area contributed by atoms with Crippen LogP contribution in [0.15, 0.2) is 24.3 Å². The molecule has 2 N–H and O–H groups in total. The molecule has 3 nitrogen and oxygen atoms in total. The van der Waals surface area contributed by atoms with Gasteiger partial charge in [0.1, 0.15) is 0 Å². The summed E-state index contributed by atoms with van der Waals surface area (Å²) in [5.74, 6) is 0.687. The zero-order chi connectivity index (χ0) is 12.4. The van der Waals surface area contributed by atoms with Crippen LogP contribution in [0, 0.1) is 12.8 Å². The predicted octanol–water partition coefficient (Wildman–Crippen LogP) is 1.80. The quantitative estimate of drug-likeness (QED) is 0.860. The third-order valence-corrected chi connectivity index (χ3v) is 3.52. The van der Waals surface area contributed by atoms with Crippen molar-refractivity contribution in [3.63, 3.8) is 0 Å². The number of amides is 1. The highest BCUT2D eigenvalue weighted by Crippen LogP contribution is 2.34. The SMILES string of the molecule is Cc1ccc(C(=O)N(C)C(CN)C2CC2)cc1. The fourth-order valence-corrected chi connectivity index (χ4v) is 2.20. The summed E-state index contributed by atoms with van der Waals surface area (Å²) in [6.45, 7) is 2.57. The van der Waals surface area contributed by atoms with Crippen molar-refractivity contribution in [3.8, 4) is 0 Å². The van der Waals surface area contributed by atoms with Crippen molar-refractivity contribution in [2.75, 3.05) is 13.6 Å². The molecular weight excluding hydrogens is 212 g/mol. The molecule has 1 amide bonds. The first-order valence-corrected chi connectivity index (χ1v) is 6.17. The zero-order valence-corrected chi connectivity index (χ0v) is 10.5. The maximum absolute atomic E-state index is 12.3. The van der Waals surface area contributed by atoms with E-state index in [0.717, 1.165) is 5.56 Å². The average Bonchev–Trinajstić information content (AvgIpc) is 3.14. The van der Waals surface area contributed by atoms with E-state index < -0.39 is 0 Å². The van der Waals surface area contributed by atoms with E-state index in [9.17, 15) is 4.79 Å². The Morgan fingerprint density at radius 2 is 2.00 bits per heavy atom. The summed E-state index contributed by atoms with van der Waals surface area (Å²) < 4.78 is 0. The number of nitrogens with two attached hydrogens (primary N) is 1. The average molecular weight is 232 g/mol. The summed E-state index contributed by atoms with van der Waals surface area (Å²) in [5.41, 5.74) is 7.68. The molecule has 2 rings (SSSR count). The molecule has 0 radical (unpaired) electrons. The summed E-state index contributed by atoms with van der Waals surface area (Å²) in [4.78, 5) is 14.1. The Kier molecular flexibility index (Phi) is 3.48. The topological polar surface area (TPSA) is 46.3 Å². The van der Waals surface area contributed by atoms with E-state index in [1.807, 2.05) is 43.1 Å². The lowest BCUT2D eigenvalue weighted by Crippen LogP contribution is -2.43. The largest absolute Gasteiger partial charge is 0.337 e. The number of hydrogen-bond acceptors (Lipinski definition) is 2. The number of carbonyl (C=O) groups is 1. The van der Waals surface area contributed by atoms with Crippen molar-refractivity contribution >= 4 is 5.91 Å². The normalized spacial score (nSPS) is 16.6. The van der Waals surface area contributed by atoms with Crippen LogP contribution in [0.4, 0.5) is 0 Å². The van der Waals surface area contributed by atoms with Crippen molar-refractivity contribution in [2.45, 2.75) is 25.8 Å². The van der Waals surface area contributed by atoms with Gasteiger partial charge in [-0.2, -0.15) is 0 Å². The Labute approximate surface area is 103 Å². The molecule has 0 heterocycles. The summed E-state index contributed by atoms with van der Waals surface area (Å²) in [6.07, 6.45) is 2.40. The van der Waals surface area contributed by atoms with Gasteiger partial charge in [-0.1, -0.05) is 17.7 Å². The van der Waals surface area contributed by atoms with E-state index in [-0.39, 0.29) is 11.9 Å². The molecule has 0 bridgehead atoms. The van der Waals surface area contributed by atoms with Gasteiger partial charge in [0.2, 0.25) is 0 Å². The van der Waals surface area contributed by atoms with Crippen LogP contribution in [-0.4, -0.2) is 30.4 Å². The number of likely N-dealkylation sites (N-methyl/N-ethyl adjacent to an activating group) is 1. The molecule has 1 aliphatic carbocycles. The molecule has 1 aliphatic rings. The van der Waals surface area contributed by atoms with Gasteiger partial charge >= 0.3 is 0 Å². The number of nitrogens with zero attached hydrogens (tertiary/aromatic N) is 1. The van der Waals surface area contributed by atoms with Gasteiger partial charge in [0.15, 0.2) is 0 Å². The van der Waals surface area contributed by atoms with E-state index in [0.29, 0.717) is 12.5 Å². The van der Waals surface area contributed by atoms with Crippen LogP contribution >= 0.6 is 0 Å². The molecule has 1 aromatic carbocycles. The number of carbonyl (C=O) groups excluding carboxylic acids is 1. The molecule has 0 saturated heterocycles. The van der Waals surface area contributed by atoms with Gasteiger partial charge in [0, 0.05) is 25.2 Å². The van der Waals surface area contributed by atoms with E-state index in [1.165, 1.54) is 18.4 Å². The molecule has 0 spiro atoms. The van der Waals surface area contributed by atoms with Crippen LogP contribution < -0.4 is 5.73 Å². The second-order valence-electron chi connectivity index (χ2n) is 4.92. The van der Waals surface area contributed by atoms with E-state index >= 15 is 0 Å². The lowest BCUT2D eigenvalue weighted by molar-refractivity contribution is 0.0718. The first-order valence-electron chi connectivity index (χ1n) is 6.17. The highest BCUT2D eigenvalue weighted by Gasteiger charge is 2.34. The fourth-order valence-electron chi connectivity index (χ4n) is 2.20. The third kappa shape index (κ3) is 2.67. The molecule has 92 valence electrons. The smallest absolute Gasteiger partial charge is 0.253 e. The van der Waals surface area contributed by atoms with Crippen molar-refractivity contribution < 1.29 is 4.79 Å². The van der Waals surface area contributed by atoms with Crippen LogP contribution in [0.5, 0.6) is 0 Å². The number of hydrogen-bond donors (Lipinski definition) is 1. The molecule has 0 aromatic heterocycles. The Morgan fingerprint density at radius 1 is 1.41 bits per heavy atom. The minimum atomic E-state index is 0.0763. The lowest BCUT2D eigenvalue weighted by atomic mass is 10.1. The second-order valence-corrected chi connectivity index (χ2v) is 4.92. The van der Waals surface area contributed by atoms with Crippen molar-refractivity contribution in [1.29, 1.82) is 0 Å². The predicted molar refractivity (Wildman–Crippen MR) is 68.8 cm³/mol. The van der Waals surface area contributed by atoms with E-state index in [1.54, 1.807) is 0 Å². The van der Waals surface area contributed by atoms with Gasteiger partial charge in [-0.3, -0.25) is 4.79 Å². The van der Waals surface area contributed by atoms with Gasteiger partial charge < -0.3 is 10.6 Å². The minimum absolute atomic E-state index is 0.0763. The van der Waals surface area contributed by atoms with Gasteiger partial charge in [-0.15, -0.1) is 0 Å². The van der Waals surface area contributed by atoms with Crippen LogP contribution in [-0.2, 0) is 0 Å². The Morgan fingerprint density at radius 3 is 2.47 bits per heavy atom. The second kappa shape index (κ2) is 4.88. The summed E-state index contributed by atoms with van der Waals surface area (Å²) in [5, 5.41) is 0. The van der Waals surface area contributed by atoms with Crippen molar-refractivity contribution in [1.82, 2.24) is 4.90 Å². The first kappa shape index (κ1) is 12.1. The molecule has 1 fully saturated rings. The lowest BCUT2D eigenvalue weighted by Gasteiger charge is -2.27. The maximum Gasteiger partial charge on any atom is 0.253 e. The molecule has 1 saturated carbocycles. The van der Waals surface area contributed by atoms with Crippen LogP contribution in [0.25, 0.3) is 0 Å². The highest BCUT2D eigenvalue weighted by atomic mass is 16.2. The maximum atomic E-state index is 12.3. The van der Waals surface area contributed by atoms with Gasteiger partial charge in [0.25, 0.3) is 5.91 Å². The van der Waals surface area contributed by atoms with Crippen LogP contribution in [0.1, 0.15) is 28.8 Å². The molecule has 1 unspecified atom stereocenters. The monoisotopic (exact) mass is 232 g/mol. The van der Waals surface area contributed by atoms with Crippen molar-refractivity contribution in [3.05, 3.63) is 35.4 Å². The highest BCUT2D eigenvalue weighted by molar-refractivity contribution is 5.94. The minimum Gasteiger partial charge on any atom is -0.337 e. The van der Waals surface area contributed by atoms with Gasteiger partial charge in [0.05, 0.1) is 0 Å². The number of aryl methyl sites for hydroxylation is 1.